The molecule has 0 saturated heterocycles. The number of carbonyl (C=O) groups is 2. The molecule has 0 aromatic carbocycles. The summed E-state index contributed by atoms with van der Waals surface area (Å²) in [4.78, 5) is 36.2. The maximum absolute atomic E-state index is 10.3. The summed E-state index contributed by atoms with van der Waals surface area (Å²) in [5, 5.41) is 8.14. The number of hydroxylamine groups is 2. The third-order valence-corrected chi connectivity index (χ3v) is 1.54. The van der Waals surface area contributed by atoms with Crippen molar-refractivity contribution in [3.63, 3.8) is 0 Å². The van der Waals surface area contributed by atoms with E-state index in [4.69, 9.17) is 15.0 Å². The second kappa shape index (κ2) is 8.55. The molecule has 0 atom stereocenters. The third-order valence-electron chi connectivity index (χ3n) is 0.744. The number of hydrogen-bond acceptors (Lipinski definition) is 4. The quantitative estimate of drug-likeness (QED) is 0.159. The molecule has 13 heavy (non-hydrogen) atoms. The van der Waals surface area contributed by atoms with Crippen LogP contribution in [0.15, 0.2) is 0 Å². The Kier molecular flexibility index (Phi) is 13.0. The average molecular weight is 231 g/mol. The van der Waals surface area contributed by atoms with E-state index in [-0.39, 0.29) is 70.6 Å². The Morgan fingerprint density at radius 3 is 2.00 bits per heavy atom. The van der Waals surface area contributed by atoms with Crippen LogP contribution in [0.3, 0.4) is 0 Å². The number of carbonyl (C=O) groups excluding carboxylic acids is 2. The molecule has 0 aliphatic heterocycles. The predicted molar refractivity (Wildman–Crippen MR) is 45.9 cm³/mol. The molecule has 10 heteroatoms. The van der Waals surface area contributed by atoms with Crippen LogP contribution in [0.25, 0.3) is 0 Å². The van der Waals surface area contributed by atoms with Gasteiger partial charge in [0, 0.05) is 0 Å². The van der Waals surface area contributed by atoms with E-state index in [0.717, 1.165) is 0 Å². The van der Waals surface area contributed by atoms with Gasteiger partial charge in [0.1, 0.15) is 6.54 Å². The molecule has 0 aliphatic carbocycles. The molecule has 0 aromatic heterocycles. The Bertz CT molecular complexity index is 216. The van der Waals surface area contributed by atoms with Crippen molar-refractivity contribution in [3.8, 4) is 0 Å². The summed E-state index contributed by atoms with van der Waals surface area (Å²) in [7, 11) is -4.82. The van der Waals surface area contributed by atoms with Gasteiger partial charge in [-0.15, -0.1) is 0 Å². The molecule has 0 fully saturated rings. The summed E-state index contributed by atoms with van der Waals surface area (Å²) in [6, 6.07) is 0. The first-order valence-corrected chi connectivity index (χ1v) is 3.99. The monoisotopic (exact) mass is 231 g/mol. The second-order valence-corrected chi connectivity index (χ2v) is 3.23. The fourth-order valence-corrected chi connectivity index (χ4v) is 0.597. The zero-order valence-corrected chi connectivity index (χ0v) is 6.14. The zero-order valence-electron chi connectivity index (χ0n) is 5.25. The minimum atomic E-state index is -4.82. The molecule has 0 aromatic rings. The van der Waals surface area contributed by atoms with E-state index in [0.29, 0.717) is 0 Å². The zero-order chi connectivity index (χ0) is 9.07. The molecule has 7 nitrogen and oxygen atoms in total. The number of nitrogens with zero attached hydrogens (tertiary/aromatic N) is 1. The van der Waals surface area contributed by atoms with Crippen molar-refractivity contribution < 1.29 is 29.1 Å². The molecule has 0 unspecified atom stereocenters. The van der Waals surface area contributed by atoms with Gasteiger partial charge in [-0.3, -0.25) is 19.4 Å². The standard InChI is InChI=1S/C3H6NO6P.2Na.2H/c5-2-4(7)1-3(6)11(8,9)10;;;;/h2,7H,1H2,(H2,8,9,10);;;;. The molecule has 0 heterocycles. The first-order chi connectivity index (χ1) is 4.88. The molecule has 0 bridgehead atoms. The topological polar surface area (TPSA) is 115 Å². The van der Waals surface area contributed by atoms with Gasteiger partial charge >= 0.3 is 66.7 Å². The minimum absolute atomic E-state index is 0. The number of hydrogen-bond donors (Lipinski definition) is 3. The molecule has 3 N–H and O–H groups in total. The molecular weight excluding hydrogens is 223 g/mol. The van der Waals surface area contributed by atoms with Crippen molar-refractivity contribution in [1.29, 1.82) is 0 Å². The summed E-state index contributed by atoms with van der Waals surface area (Å²) in [6.45, 7) is -1.01. The average Bonchev–Trinajstić information content (AvgIpc) is 1.85. The Balaban J connectivity index is -0.000000500. The van der Waals surface area contributed by atoms with E-state index < -0.39 is 19.7 Å². The van der Waals surface area contributed by atoms with Gasteiger partial charge in [-0.2, -0.15) is 0 Å². The van der Waals surface area contributed by atoms with Crippen LogP contribution in [0.1, 0.15) is 0 Å². The summed E-state index contributed by atoms with van der Waals surface area (Å²) in [5.41, 5.74) is -1.51. The van der Waals surface area contributed by atoms with E-state index in [1.165, 1.54) is 0 Å². The summed E-state index contributed by atoms with van der Waals surface area (Å²) >= 11 is 0. The Morgan fingerprint density at radius 1 is 1.38 bits per heavy atom. The molecule has 0 aliphatic rings. The molecule has 0 saturated carbocycles. The Morgan fingerprint density at radius 2 is 1.77 bits per heavy atom. The Hall–Kier alpha value is 1.25. The van der Waals surface area contributed by atoms with E-state index in [9.17, 15) is 14.2 Å². The fraction of sp³-hybridized carbons (Fsp3) is 0.333. The van der Waals surface area contributed by atoms with E-state index in [2.05, 4.69) is 0 Å². The van der Waals surface area contributed by atoms with E-state index >= 15 is 0 Å². The van der Waals surface area contributed by atoms with E-state index in [1.807, 2.05) is 0 Å². The van der Waals surface area contributed by atoms with Gasteiger partial charge in [0.05, 0.1) is 0 Å². The van der Waals surface area contributed by atoms with Crippen molar-refractivity contribution in [1.82, 2.24) is 5.06 Å². The molecule has 0 rings (SSSR count). The van der Waals surface area contributed by atoms with Gasteiger partial charge in [0.15, 0.2) is 0 Å². The second-order valence-electron chi connectivity index (χ2n) is 1.64. The van der Waals surface area contributed by atoms with Crippen molar-refractivity contribution in [3.05, 3.63) is 0 Å². The van der Waals surface area contributed by atoms with Gasteiger partial charge in [-0.25, -0.2) is 5.06 Å². The van der Waals surface area contributed by atoms with Gasteiger partial charge in [-0.05, 0) is 0 Å². The number of amides is 1. The third kappa shape index (κ3) is 9.55. The van der Waals surface area contributed by atoms with Crippen LogP contribution >= 0.6 is 7.60 Å². The normalized spacial score (nSPS) is 9.15. The predicted octanol–water partition coefficient (Wildman–Crippen LogP) is -2.76. The van der Waals surface area contributed by atoms with Crippen LogP contribution in [0, 0.1) is 0 Å². The summed E-state index contributed by atoms with van der Waals surface area (Å²) in [6.07, 6.45) is -0.131. The van der Waals surface area contributed by atoms with Crippen molar-refractivity contribution in [2.45, 2.75) is 0 Å². The van der Waals surface area contributed by atoms with Gasteiger partial charge in [0.2, 0.25) is 6.41 Å². The summed E-state index contributed by atoms with van der Waals surface area (Å²) in [5.74, 6) is 0. The molecule has 0 radical (unpaired) electrons. The van der Waals surface area contributed by atoms with Crippen LogP contribution in [0.4, 0.5) is 0 Å². The number of rotatable bonds is 4. The van der Waals surface area contributed by atoms with Crippen LogP contribution in [0.2, 0.25) is 0 Å². The van der Waals surface area contributed by atoms with E-state index in [1.54, 1.807) is 0 Å². The van der Waals surface area contributed by atoms with Crippen molar-refractivity contribution in [2.75, 3.05) is 6.54 Å². The van der Waals surface area contributed by atoms with Gasteiger partial charge < -0.3 is 9.79 Å². The molecule has 1 amide bonds. The molecule has 68 valence electrons. The molecule has 0 spiro atoms. The van der Waals surface area contributed by atoms with Crippen LogP contribution in [-0.4, -0.2) is 97.7 Å². The van der Waals surface area contributed by atoms with Crippen molar-refractivity contribution in [2.24, 2.45) is 0 Å². The van der Waals surface area contributed by atoms with Crippen LogP contribution in [0.5, 0.6) is 0 Å². The van der Waals surface area contributed by atoms with Crippen molar-refractivity contribution >= 4 is 78.6 Å². The SMILES string of the molecule is O=CN(O)CC(=O)P(=O)(O)O.[NaH].[NaH]. The maximum atomic E-state index is 10.3. The first kappa shape index (κ1) is 19.8. The van der Waals surface area contributed by atoms with Crippen LogP contribution in [-0.2, 0) is 14.2 Å². The van der Waals surface area contributed by atoms with Gasteiger partial charge in [0.25, 0.3) is 5.52 Å². The molecular formula is C3H8NNa2O6P. The van der Waals surface area contributed by atoms with Gasteiger partial charge in [-0.1, -0.05) is 0 Å². The fourth-order valence-electron chi connectivity index (χ4n) is 0.268. The Labute approximate surface area is 118 Å². The summed E-state index contributed by atoms with van der Waals surface area (Å²) < 4.78 is 10.1. The first-order valence-electron chi connectivity index (χ1n) is 2.37. The van der Waals surface area contributed by atoms with Crippen LogP contribution < -0.4 is 0 Å².